The molecule has 2 aliphatic heterocycles. The summed E-state index contributed by atoms with van der Waals surface area (Å²) in [5, 5.41) is 3.36. The molecule has 0 unspecified atom stereocenters. The Labute approximate surface area is 148 Å². The van der Waals surface area contributed by atoms with E-state index in [4.69, 9.17) is 10.5 Å². The lowest BCUT2D eigenvalue weighted by atomic mass is 9.95. The zero-order valence-electron chi connectivity index (χ0n) is 14.6. The van der Waals surface area contributed by atoms with Gasteiger partial charge in [0.25, 0.3) is 0 Å². The third-order valence-electron chi connectivity index (χ3n) is 5.72. The molecule has 1 aliphatic carbocycles. The van der Waals surface area contributed by atoms with Crippen LogP contribution in [0.5, 0.6) is 0 Å². The molecule has 7 nitrogen and oxygen atoms in total. The SMILES string of the molecule is Nc1ncc(CN2C[C@@H](NC(=O)C3CCOCC3)[C@H](C3CC3)C2)cn1. The number of amides is 1. The molecule has 1 aromatic heterocycles. The summed E-state index contributed by atoms with van der Waals surface area (Å²) in [7, 11) is 0. The van der Waals surface area contributed by atoms with Crippen molar-refractivity contribution in [2.24, 2.45) is 17.8 Å². The van der Waals surface area contributed by atoms with Crippen LogP contribution in [0, 0.1) is 17.8 Å². The van der Waals surface area contributed by atoms with Gasteiger partial charge in [-0.1, -0.05) is 0 Å². The fourth-order valence-corrected chi connectivity index (χ4v) is 4.16. The Morgan fingerprint density at radius 2 is 1.92 bits per heavy atom. The molecule has 4 rings (SSSR count). The molecular formula is C18H27N5O2. The fraction of sp³-hybridized carbons (Fsp3) is 0.722. The molecule has 1 saturated carbocycles. The van der Waals surface area contributed by atoms with Crippen LogP contribution in [-0.2, 0) is 16.1 Å². The fourth-order valence-electron chi connectivity index (χ4n) is 4.16. The van der Waals surface area contributed by atoms with Crippen molar-refractivity contribution in [3.05, 3.63) is 18.0 Å². The summed E-state index contributed by atoms with van der Waals surface area (Å²) in [5.74, 6) is 1.98. The number of carbonyl (C=O) groups is 1. The topological polar surface area (TPSA) is 93.4 Å². The van der Waals surface area contributed by atoms with E-state index in [1.54, 1.807) is 12.4 Å². The Hall–Kier alpha value is -1.73. The first-order valence-corrected chi connectivity index (χ1v) is 9.36. The van der Waals surface area contributed by atoms with E-state index in [-0.39, 0.29) is 17.9 Å². The monoisotopic (exact) mass is 345 g/mol. The number of carbonyl (C=O) groups excluding carboxylic acids is 1. The number of anilines is 1. The van der Waals surface area contributed by atoms with Crippen molar-refractivity contribution < 1.29 is 9.53 Å². The van der Waals surface area contributed by atoms with Crippen LogP contribution < -0.4 is 11.1 Å². The van der Waals surface area contributed by atoms with Gasteiger partial charge in [0, 0.05) is 62.8 Å². The maximum Gasteiger partial charge on any atom is 0.223 e. The summed E-state index contributed by atoms with van der Waals surface area (Å²) in [4.78, 5) is 23.2. The lowest BCUT2D eigenvalue weighted by molar-refractivity contribution is -0.128. The van der Waals surface area contributed by atoms with Gasteiger partial charge in [-0.2, -0.15) is 0 Å². The van der Waals surface area contributed by atoms with Crippen molar-refractivity contribution in [2.75, 3.05) is 32.0 Å². The standard InChI is InChI=1S/C18H27N5O2/c19-18-20-7-12(8-21-18)9-23-10-15(13-1-2-13)16(11-23)22-17(24)14-3-5-25-6-4-14/h7-8,13-16H,1-6,9-11H2,(H,22,24)(H2,19,20,21)/t15-,16+/m0/s1. The minimum atomic E-state index is 0.119. The number of nitrogens with two attached hydrogens (primary N) is 1. The average molecular weight is 345 g/mol. The highest BCUT2D eigenvalue weighted by molar-refractivity contribution is 5.79. The van der Waals surface area contributed by atoms with Crippen LogP contribution in [-0.4, -0.2) is 53.1 Å². The van der Waals surface area contributed by atoms with Gasteiger partial charge >= 0.3 is 0 Å². The Morgan fingerprint density at radius 3 is 2.60 bits per heavy atom. The van der Waals surface area contributed by atoms with Gasteiger partial charge in [-0.05, 0) is 37.5 Å². The largest absolute Gasteiger partial charge is 0.381 e. The van der Waals surface area contributed by atoms with Crippen LogP contribution >= 0.6 is 0 Å². The first kappa shape index (κ1) is 16.7. The molecule has 136 valence electrons. The van der Waals surface area contributed by atoms with Crippen molar-refractivity contribution in [1.29, 1.82) is 0 Å². The lowest BCUT2D eigenvalue weighted by Gasteiger charge is -2.25. The van der Waals surface area contributed by atoms with Gasteiger partial charge in [0.05, 0.1) is 0 Å². The van der Waals surface area contributed by atoms with E-state index < -0.39 is 0 Å². The third-order valence-corrected chi connectivity index (χ3v) is 5.72. The number of hydrogen-bond donors (Lipinski definition) is 2. The molecule has 0 radical (unpaired) electrons. The van der Waals surface area contributed by atoms with E-state index in [9.17, 15) is 4.79 Å². The molecular weight excluding hydrogens is 318 g/mol. The number of nitrogens with one attached hydrogen (secondary N) is 1. The normalized spacial score (nSPS) is 28.2. The van der Waals surface area contributed by atoms with Crippen molar-refractivity contribution in [3.63, 3.8) is 0 Å². The summed E-state index contributed by atoms with van der Waals surface area (Å²) < 4.78 is 5.37. The highest BCUT2D eigenvalue weighted by Crippen LogP contribution is 2.41. The van der Waals surface area contributed by atoms with Crippen LogP contribution in [0.3, 0.4) is 0 Å². The highest BCUT2D eigenvalue weighted by atomic mass is 16.5. The van der Waals surface area contributed by atoms with E-state index in [0.29, 0.717) is 25.1 Å². The number of ether oxygens (including phenoxy) is 1. The molecule has 0 bridgehead atoms. The number of aromatic nitrogens is 2. The number of nitrogens with zero attached hydrogens (tertiary/aromatic N) is 3. The smallest absolute Gasteiger partial charge is 0.223 e. The third kappa shape index (κ3) is 4.10. The molecule has 1 aromatic rings. The maximum absolute atomic E-state index is 12.6. The van der Waals surface area contributed by atoms with Gasteiger partial charge in [0.1, 0.15) is 0 Å². The number of nitrogen functional groups attached to an aromatic ring is 1. The maximum atomic E-state index is 12.6. The predicted octanol–water partition coefficient (Wildman–Crippen LogP) is 0.812. The Bertz CT molecular complexity index is 598. The first-order chi connectivity index (χ1) is 12.2. The van der Waals surface area contributed by atoms with Gasteiger partial charge in [-0.3, -0.25) is 9.69 Å². The second-order valence-corrected chi connectivity index (χ2v) is 7.65. The Kier molecular flexibility index (Phi) is 4.85. The highest BCUT2D eigenvalue weighted by Gasteiger charge is 2.43. The van der Waals surface area contributed by atoms with Crippen LogP contribution in [0.1, 0.15) is 31.2 Å². The number of rotatable bonds is 5. The van der Waals surface area contributed by atoms with Crippen molar-refractivity contribution in [3.8, 4) is 0 Å². The van der Waals surface area contributed by atoms with E-state index in [2.05, 4.69) is 20.2 Å². The van der Waals surface area contributed by atoms with E-state index in [1.807, 2.05) is 0 Å². The average Bonchev–Trinajstić information content (AvgIpc) is 3.40. The van der Waals surface area contributed by atoms with Crippen LogP contribution in [0.4, 0.5) is 5.95 Å². The van der Waals surface area contributed by atoms with Crippen molar-refractivity contribution in [1.82, 2.24) is 20.2 Å². The number of likely N-dealkylation sites (tertiary alicyclic amines) is 1. The summed E-state index contributed by atoms with van der Waals surface area (Å²) >= 11 is 0. The van der Waals surface area contributed by atoms with Crippen molar-refractivity contribution >= 4 is 11.9 Å². The molecule has 2 saturated heterocycles. The molecule has 3 heterocycles. The zero-order valence-corrected chi connectivity index (χ0v) is 14.6. The Balaban J connectivity index is 1.36. The molecule has 3 N–H and O–H groups in total. The summed E-state index contributed by atoms with van der Waals surface area (Å²) in [5.41, 5.74) is 6.63. The van der Waals surface area contributed by atoms with Crippen LogP contribution in [0.25, 0.3) is 0 Å². The van der Waals surface area contributed by atoms with E-state index >= 15 is 0 Å². The quantitative estimate of drug-likeness (QED) is 0.820. The molecule has 7 heteroatoms. The van der Waals surface area contributed by atoms with Gasteiger partial charge in [0.15, 0.2) is 0 Å². The molecule has 1 amide bonds. The van der Waals surface area contributed by atoms with Gasteiger partial charge < -0.3 is 15.8 Å². The molecule has 3 aliphatic rings. The molecule has 2 atom stereocenters. The van der Waals surface area contributed by atoms with Crippen LogP contribution in [0.2, 0.25) is 0 Å². The zero-order chi connectivity index (χ0) is 17.2. The predicted molar refractivity (Wildman–Crippen MR) is 93.4 cm³/mol. The first-order valence-electron chi connectivity index (χ1n) is 9.36. The molecule has 0 aromatic carbocycles. The van der Waals surface area contributed by atoms with Gasteiger partial charge in [-0.15, -0.1) is 0 Å². The number of hydrogen-bond acceptors (Lipinski definition) is 6. The molecule has 25 heavy (non-hydrogen) atoms. The van der Waals surface area contributed by atoms with Gasteiger partial charge in [-0.25, -0.2) is 9.97 Å². The van der Waals surface area contributed by atoms with Crippen molar-refractivity contribution in [2.45, 2.75) is 38.3 Å². The second-order valence-electron chi connectivity index (χ2n) is 7.65. The minimum Gasteiger partial charge on any atom is -0.381 e. The van der Waals surface area contributed by atoms with Gasteiger partial charge in [0.2, 0.25) is 11.9 Å². The Morgan fingerprint density at radius 1 is 1.20 bits per heavy atom. The van der Waals surface area contributed by atoms with E-state index in [0.717, 1.165) is 44.0 Å². The minimum absolute atomic E-state index is 0.119. The molecule has 3 fully saturated rings. The second kappa shape index (κ2) is 7.25. The van der Waals surface area contributed by atoms with Crippen LogP contribution in [0.15, 0.2) is 12.4 Å². The summed E-state index contributed by atoms with van der Waals surface area (Å²) in [6.45, 7) is 4.16. The molecule has 0 spiro atoms. The van der Waals surface area contributed by atoms with E-state index in [1.165, 1.54) is 12.8 Å². The summed E-state index contributed by atoms with van der Waals surface area (Å²) in [6.07, 6.45) is 7.88. The lowest BCUT2D eigenvalue weighted by Crippen LogP contribution is -2.45. The summed E-state index contributed by atoms with van der Waals surface area (Å²) in [6, 6.07) is 0.262.